The average Bonchev–Trinajstić information content (AvgIpc) is 2.86. The van der Waals surface area contributed by atoms with Crippen LogP contribution in [0.2, 0.25) is 0 Å². The molecule has 0 aliphatic carbocycles. The lowest BCUT2D eigenvalue weighted by molar-refractivity contribution is -0.141. The fourth-order valence-electron chi connectivity index (χ4n) is 4.89. The van der Waals surface area contributed by atoms with Crippen LogP contribution in [-0.4, -0.2) is 53.0 Å². The standard InChI is InChI=1S/C33H49N3O4S/c1-10-11-12-17-36(31(38)27(16-18-41-9)34-32(39)40-33(6,7)8)29(26-20-22(2)19-23(3)21-26)30(37)35-28-24(4)14-13-15-25(28)5/h13-15,19-21,27,29H,10-12,16-18H2,1-9H3,(H,34,39)(H,35,37). The molecule has 2 rings (SSSR count). The number of thioether (sulfide) groups is 1. The third-order valence-electron chi connectivity index (χ3n) is 6.73. The van der Waals surface area contributed by atoms with Crippen molar-refractivity contribution in [2.24, 2.45) is 0 Å². The Morgan fingerprint density at radius 1 is 0.976 bits per heavy atom. The van der Waals surface area contributed by atoms with Crippen molar-refractivity contribution in [1.29, 1.82) is 0 Å². The van der Waals surface area contributed by atoms with Gasteiger partial charge in [-0.3, -0.25) is 9.59 Å². The maximum Gasteiger partial charge on any atom is 0.408 e. The van der Waals surface area contributed by atoms with Gasteiger partial charge in [-0.2, -0.15) is 11.8 Å². The number of aryl methyl sites for hydroxylation is 4. The molecule has 0 bridgehead atoms. The largest absolute Gasteiger partial charge is 0.444 e. The Kier molecular flexibility index (Phi) is 13.2. The van der Waals surface area contributed by atoms with Gasteiger partial charge in [0.25, 0.3) is 5.91 Å². The van der Waals surface area contributed by atoms with Crippen molar-refractivity contribution in [3.8, 4) is 0 Å². The highest BCUT2D eigenvalue weighted by atomic mass is 32.2. The van der Waals surface area contributed by atoms with Crippen LogP contribution in [0.4, 0.5) is 10.5 Å². The summed E-state index contributed by atoms with van der Waals surface area (Å²) in [5, 5.41) is 5.96. The van der Waals surface area contributed by atoms with E-state index in [2.05, 4.69) is 23.6 Å². The number of para-hydroxylation sites is 1. The molecule has 2 aromatic rings. The van der Waals surface area contributed by atoms with Crippen molar-refractivity contribution in [3.63, 3.8) is 0 Å². The molecule has 0 aliphatic heterocycles. The molecule has 2 aromatic carbocycles. The van der Waals surface area contributed by atoms with E-state index in [1.165, 1.54) is 0 Å². The van der Waals surface area contributed by atoms with Gasteiger partial charge in [0.05, 0.1) is 0 Å². The molecule has 7 nitrogen and oxygen atoms in total. The number of hydrogen-bond acceptors (Lipinski definition) is 5. The first kappa shape index (κ1) is 34.2. The number of alkyl carbamates (subject to hydrolysis) is 1. The molecule has 0 spiro atoms. The number of anilines is 1. The van der Waals surface area contributed by atoms with Crippen molar-refractivity contribution >= 4 is 35.4 Å². The normalized spacial score (nSPS) is 12.8. The van der Waals surface area contributed by atoms with E-state index in [0.29, 0.717) is 18.7 Å². The van der Waals surface area contributed by atoms with Crippen LogP contribution in [0.3, 0.4) is 0 Å². The molecule has 41 heavy (non-hydrogen) atoms. The monoisotopic (exact) mass is 583 g/mol. The summed E-state index contributed by atoms with van der Waals surface area (Å²) < 4.78 is 5.50. The first-order chi connectivity index (χ1) is 19.3. The minimum absolute atomic E-state index is 0.280. The Morgan fingerprint density at radius 2 is 1.59 bits per heavy atom. The van der Waals surface area contributed by atoms with E-state index < -0.39 is 23.8 Å². The topological polar surface area (TPSA) is 87.7 Å². The Bertz CT molecular complexity index is 1150. The minimum Gasteiger partial charge on any atom is -0.444 e. The second kappa shape index (κ2) is 15.9. The van der Waals surface area contributed by atoms with Gasteiger partial charge in [0.15, 0.2) is 0 Å². The molecule has 8 heteroatoms. The second-order valence-corrected chi connectivity index (χ2v) is 12.8. The number of ether oxygens (including phenoxy) is 1. The number of carbonyl (C=O) groups is 3. The van der Waals surface area contributed by atoms with Gasteiger partial charge in [0.1, 0.15) is 17.7 Å². The molecule has 3 amide bonds. The van der Waals surface area contributed by atoms with Crippen molar-refractivity contribution < 1.29 is 19.1 Å². The van der Waals surface area contributed by atoms with E-state index in [1.807, 2.05) is 64.3 Å². The fourth-order valence-corrected chi connectivity index (χ4v) is 5.36. The van der Waals surface area contributed by atoms with Crippen LogP contribution in [0.5, 0.6) is 0 Å². The first-order valence-corrected chi connectivity index (χ1v) is 15.9. The second-order valence-electron chi connectivity index (χ2n) is 11.8. The van der Waals surface area contributed by atoms with E-state index >= 15 is 0 Å². The fraction of sp³-hybridized carbons (Fsp3) is 0.545. The highest BCUT2D eigenvalue weighted by molar-refractivity contribution is 7.98. The Labute approximate surface area is 251 Å². The Hall–Kier alpha value is -3.00. The van der Waals surface area contributed by atoms with Gasteiger partial charge in [-0.25, -0.2) is 4.79 Å². The number of benzene rings is 2. The zero-order valence-electron chi connectivity index (χ0n) is 26.3. The maximum atomic E-state index is 14.4. The molecular weight excluding hydrogens is 534 g/mol. The molecule has 0 fully saturated rings. The van der Waals surface area contributed by atoms with E-state index in [1.54, 1.807) is 37.4 Å². The highest BCUT2D eigenvalue weighted by Gasteiger charge is 2.36. The van der Waals surface area contributed by atoms with E-state index in [0.717, 1.165) is 52.8 Å². The van der Waals surface area contributed by atoms with Gasteiger partial charge in [0.2, 0.25) is 5.91 Å². The predicted octanol–water partition coefficient (Wildman–Crippen LogP) is 7.27. The summed E-state index contributed by atoms with van der Waals surface area (Å²) in [5.41, 5.74) is 4.71. The SMILES string of the molecule is CCCCCN(C(=O)C(CCSC)NC(=O)OC(C)(C)C)C(C(=O)Nc1c(C)cccc1C)c1cc(C)cc(C)c1. The summed E-state index contributed by atoms with van der Waals surface area (Å²) >= 11 is 1.60. The van der Waals surface area contributed by atoms with Gasteiger partial charge in [-0.1, -0.05) is 67.3 Å². The van der Waals surface area contributed by atoms with Crippen molar-refractivity contribution in [2.75, 3.05) is 23.9 Å². The van der Waals surface area contributed by atoms with Gasteiger partial charge in [0, 0.05) is 12.2 Å². The van der Waals surface area contributed by atoms with Crippen LogP contribution >= 0.6 is 11.8 Å². The van der Waals surface area contributed by atoms with Crippen LogP contribution < -0.4 is 10.6 Å². The zero-order chi connectivity index (χ0) is 30.7. The van der Waals surface area contributed by atoms with Gasteiger partial charge < -0.3 is 20.3 Å². The number of nitrogens with one attached hydrogen (secondary N) is 2. The maximum absolute atomic E-state index is 14.4. The molecule has 0 saturated carbocycles. The van der Waals surface area contributed by atoms with Gasteiger partial charge in [-0.15, -0.1) is 0 Å². The minimum atomic E-state index is -0.880. The van der Waals surface area contributed by atoms with Crippen LogP contribution in [0.25, 0.3) is 0 Å². The molecule has 0 heterocycles. The van der Waals surface area contributed by atoms with Crippen molar-refractivity contribution in [1.82, 2.24) is 10.2 Å². The molecule has 226 valence electrons. The summed E-state index contributed by atoms with van der Waals surface area (Å²) in [6.07, 6.45) is 4.36. The van der Waals surface area contributed by atoms with Gasteiger partial charge in [-0.05, 0) is 90.0 Å². The lowest BCUT2D eigenvalue weighted by Crippen LogP contribution is -2.53. The molecular formula is C33H49N3O4S. The van der Waals surface area contributed by atoms with Crippen LogP contribution in [-0.2, 0) is 14.3 Å². The molecule has 0 aromatic heterocycles. The van der Waals surface area contributed by atoms with E-state index in [-0.39, 0.29) is 11.8 Å². The highest BCUT2D eigenvalue weighted by Crippen LogP contribution is 2.29. The lowest BCUT2D eigenvalue weighted by atomic mass is 9.97. The smallest absolute Gasteiger partial charge is 0.408 e. The number of carbonyl (C=O) groups excluding carboxylic acids is 3. The molecule has 0 saturated heterocycles. The number of unbranched alkanes of at least 4 members (excludes halogenated alkanes) is 2. The number of nitrogens with zero attached hydrogens (tertiary/aromatic N) is 1. The predicted molar refractivity (Wildman–Crippen MR) is 171 cm³/mol. The number of amides is 3. The Balaban J connectivity index is 2.61. The van der Waals surface area contributed by atoms with Crippen molar-refractivity contribution in [2.45, 2.75) is 98.8 Å². The quantitative estimate of drug-likeness (QED) is 0.242. The summed E-state index contributed by atoms with van der Waals surface area (Å²) in [5.74, 6) is 0.0950. The summed E-state index contributed by atoms with van der Waals surface area (Å²) in [6, 6.07) is 10.2. The number of rotatable bonds is 13. The van der Waals surface area contributed by atoms with Crippen LogP contribution in [0.1, 0.15) is 87.2 Å². The van der Waals surface area contributed by atoms with E-state index in [4.69, 9.17) is 4.74 Å². The summed E-state index contributed by atoms with van der Waals surface area (Å²) in [6.45, 7) is 15.8. The van der Waals surface area contributed by atoms with Crippen LogP contribution in [0, 0.1) is 27.7 Å². The molecule has 2 N–H and O–H groups in total. The lowest BCUT2D eigenvalue weighted by Gasteiger charge is -2.35. The zero-order valence-corrected chi connectivity index (χ0v) is 27.2. The van der Waals surface area contributed by atoms with Gasteiger partial charge >= 0.3 is 6.09 Å². The molecule has 2 unspecified atom stereocenters. The molecule has 2 atom stereocenters. The average molecular weight is 584 g/mol. The first-order valence-electron chi connectivity index (χ1n) is 14.5. The third kappa shape index (κ3) is 10.7. The molecule has 0 aliphatic rings. The third-order valence-corrected chi connectivity index (χ3v) is 7.38. The molecule has 0 radical (unpaired) electrons. The van der Waals surface area contributed by atoms with Crippen LogP contribution in [0.15, 0.2) is 36.4 Å². The number of hydrogen-bond donors (Lipinski definition) is 2. The van der Waals surface area contributed by atoms with Crippen molar-refractivity contribution in [3.05, 3.63) is 64.2 Å². The summed E-state index contributed by atoms with van der Waals surface area (Å²) in [4.78, 5) is 43.1. The Morgan fingerprint density at radius 3 is 2.12 bits per heavy atom. The van der Waals surface area contributed by atoms with E-state index in [9.17, 15) is 14.4 Å². The summed E-state index contributed by atoms with van der Waals surface area (Å²) in [7, 11) is 0.